The van der Waals surface area contributed by atoms with Crippen molar-refractivity contribution in [2.45, 2.75) is 43.9 Å². The molecule has 7 nitrogen and oxygen atoms in total. The summed E-state index contributed by atoms with van der Waals surface area (Å²) in [7, 11) is 3.53. The molecule has 3 heterocycles. The number of hydrogen-bond donors (Lipinski definition) is 1. The minimum absolute atomic E-state index is 0.0292. The molecule has 2 fully saturated rings. The first-order chi connectivity index (χ1) is 13.5. The van der Waals surface area contributed by atoms with Crippen molar-refractivity contribution < 1.29 is 19.1 Å². The van der Waals surface area contributed by atoms with E-state index in [-0.39, 0.29) is 24.0 Å². The van der Waals surface area contributed by atoms with Crippen LogP contribution in [0.2, 0.25) is 0 Å². The molecule has 2 amide bonds. The van der Waals surface area contributed by atoms with E-state index in [1.54, 1.807) is 19.0 Å². The SMILES string of the molecule is CN(C)C(=O)C[C@H]1CN2C[C@H](NC(=O)c3ccc4c(c3)CCCO4)C[C@H]2CO1. The van der Waals surface area contributed by atoms with Crippen LogP contribution in [0, 0.1) is 0 Å². The lowest BCUT2D eigenvalue weighted by Gasteiger charge is -2.35. The maximum absolute atomic E-state index is 12.7. The highest BCUT2D eigenvalue weighted by atomic mass is 16.5. The molecule has 0 spiro atoms. The van der Waals surface area contributed by atoms with Crippen LogP contribution in [0.3, 0.4) is 0 Å². The number of nitrogens with one attached hydrogen (secondary N) is 1. The Morgan fingerprint density at radius 1 is 1.29 bits per heavy atom. The standard InChI is InChI=1S/C21H29N3O4/c1-23(2)20(25)10-18-12-24-11-16(9-17(24)13-28-18)22-21(26)15-5-6-19-14(8-15)4-3-7-27-19/h5-6,8,16-18H,3-4,7,9-13H2,1-2H3,(H,22,26)/t16-,17+,18+/m1/s1. The lowest BCUT2D eigenvalue weighted by Crippen LogP contribution is -2.47. The smallest absolute Gasteiger partial charge is 0.251 e. The summed E-state index contributed by atoms with van der Waals surface area (Å²) in [5.41, 5.74) is 1.81. The summed E-state index contributed by atoms with van der Waals surface area (Å²) < 4.78 is 11.5. The molecule has 152 valence electrons. The summed E-state index contributed by atoms with van der Waals surface area (Å²) >= 11 is 0. The van der Waals surface area contributed by atoms with Gasteiger partial charge in [-0.25, -0.2) is 0 Å². The van der Waals surface area contributed by atoms with Gasteiger partial charge in [0.25, 0.3) is 5.91 Å². The number of morpholine rings is 1. The van der Waals surface area contributed by atoms with Crippen LogP contribution in [0.4, 0.5) is 0 Å². The molecular formula is C21H29N3O4. The largest absolute Gasteiger partial charge is 0.493 e. The average molecular weight is 387 g/mol. The molecular weight excluding hydrogens is 358 g/mol. The van der Waals surface area contributed by atoms with Crippen molar-refractivity contribution >= 4 is 11.8 Å². The van der Waals surface area contributed by atoms with Gasteiger partial charge in [-0.05, 0) is 43.0 Å². The third kappa shape index (κ3) is 4.15. The van der Waals surface area contributed by atoms with E-state index >= 15 is 0 Å². The number of ether oxygens (including phenoxy) is 2. The second-order valence-corrected chi connectivity index (χ2v) is 8.24. The molecule has 3 atom stereocenters. The molecule has 4 rings (SSSR count). The van der Waals surface area contributed by atoms with Crippen LogP contribution in [-0.4, -0.2) is 80.2 Å². The highest BCUT2D eigenvalue weighted by molar-refractivity contribution is 5.94. The molecule has 0 saturated carbocycles. The van der Waals surface area contributed by atoms with Crippen molar-refractivity contribution in [3.63, 3.8) is 0 Å². The Bertz CT molecular complexity index is 751. The van der Waals surface area contributed by atoms with Gasteiger partial charge in [0.1, 0.15) is 5.75 Å². The van der Waals surface area contributed by atoms with Crippen molar-refractivity contribution in [1.29, 1.82) is 0 Å². The Morgan fingerprint density at radius 2 is 2.14 bits per heavy atom. The van der Waals surface area contributed by atoms with E-state index in [4.69, 9.17) is 9.47 Å². The topological polar surface area (TPSA) is 71.1 Å². The van der Waals surface area contributed by atoms with E-state index in [2.05, 4.69) is 10.2 Å². The summed E-state index contributed by atoms with van der Waals surface area (Å²) in [6.07, 6.45) is 3.18. The molecule has 0 unspecified atom stereocenters. The van der Waals surface area contributed by atoms with E-state index < -0.39 is 0 Å². The maximum Gasteiger partial charge on any atom is 0.251 e. The van der Waals surface area contributed by atoms with Crippen molar-refractivity contribution in [3.05, 3.63) is 29.3 Å². The fraction of sp³-hybridized carbons (Fsp3) is 0.619. The monoisotopic (exact) mass is 387 g/mol. The summed E-state index contributed by atoms with van der Waals surface area (Å²) in [6, 6.07) is 6.12. The zero-order chi connectivity index (χ0) is 19.7. The first kappa shape index (κ1) is 19.2. The van der Waals surface area contributed by atoms with Crippen molar-refractivity contribution in [1.82, 2.24) is 15.1 Å². The molecule has 0 radical (unpaired) electrons. The van der Waals surface area contributed by atoms with Crippen LogP contribution in [0.5, 0.6) is 5.75 Å². The summed E-state index contributed by atoms with van der Waals surface area (Å²) in [5, 5.41) is 3.18. The lowest BCUT2D eigenvalue weighted by molar-refractivity contribution is -0.134. The molecule has 0 aliphatic carbocycles. The quantitative estimate of drug-likeness (QED) is 0.837. The highest BCUT2D eigenvalue weighted by Gasteiger charge is 2.38. The Balaban J connectivity index is 1.32. The van der Waals surface area contributed by atoms with Gasteiger partial charge in [-0.1, -0.05) is 0 Å². The Morgan fingerprint density at radius 3 is 2.96 bits per heavy atom. The maximum atomic E-state index is 12.7. The van der Waals surface area contributed by atoms with E-state index in [0.717, 1.165) is 50.3 Å². The first-order valence-electron chi connectivity index (χ1n) is 10.1. The molecule has 7 heteroatoms. The Hall–Kier alpha value is -2.12. The van der Waals surface area contributed by atoms with Crippen LogP contribution in [0.1, 0.15) is 35.2 Å². The Kier molecular flexibility index (Phi) is 5.55. The van der Waals surface area contributed by atoms with Crippen molar-refractivity contribution in [2.75, 3.05) is 40.4 Å². The zero-order valence-electron chi connectivity index (χ0n) is 16.6. The van der Waals surface area contributed by atoms with Gasteiger partial charge in [0, 0.05) is 44.8 Å². The first-order valence-corrected chi connectivity index (χ1v) is 10.1. The number of hydrogen-bond acceptors (Lipinski definition) is 5. The van der Waals surface area contributed by atoms with E-state index in [9.17, 15) is 9.59 Å². The molecule has 1 N–H and O–H groups in total. The molecule has 1 aromatic rings. The van der Waals surface area contributed by atoms with Gasteiger partial charge in [-0.2, -0.15) is 0 Å². The van der Waals surface area contributed by atoms with Gasteiger partial charge >= 0.3 is 0 Å². The van der Waals surface area contributed by atoms with Gasteiger partial charge in [0.05, 0.1) is 25.7 Å². The Labute approximate surface area is 166 Å². The molecule has 3 aliphatic heterocycles. The molecule has 2 saturated heterocycles. The van der Waals surface area contributed by atoms with Gasteiger partial charge in [-0.15, -0.1) is 0 Å². The van der Waals surface area contributed by atoms with E-state index in [1.165, 1.54) is 0 Å². The number of nitrogens with zero attached hydrogens (tertiary/aromatic N) is 2. The summed E-state index contributed by atoms with van der Waals surface area (Å²) in [6.45, 7) is 2.92. The summed E-state index contributed by atoms with van der Waals surface area (Å²) in [5.74, 6) is 0.957. The number of aryl methyl sites for hydroxylation is 1. The van der Waals surface area contributed by atoms with Crippen LogP contribution in [-0.2, 0) is 16.0 Å². The predicted octanol–water partition coefficient (Wildman–Crippen LogP) is 1.06. The average Bonchev–Trinajstić information content (AvgIpc) is 3.08. The number of fused-ring (bicyclic) bond motifs is 2. The summed E-state index contributed by atoms with van der Waals surface area (Å²) in [4.78, 5) is 28.6. The molecule has 28 heavy (non-hydrogen) atoms. The van der Waals surface area contributed by atoms with E-state index in [0.29, 0.717) is 24.6 Å². The second kappa shape index (κ2) is 8.09. The second-order valence-electron chi connectivity index (χ2n) is 8.24. The molecule has 0 aromatic heterocycles. The fourth-order valence-electron chi connectivity index (χ4n) is 4.32. The van der Waals surface area contributed by atoms with Gasteiger partial charge in [0.2, 0.25) is 5.91 Å². The predicted molar refractivity (Wildman–Crippen MR) is 105 cm³/mol. The number of carbonyl (C=O) groups excluding carboxylic acids is 2. The van der Waals surface area contributed by atoms with E-state index in [1.807, 2.05) is 18.2 Å². The third-order valence-electron chi connectivity index (χ3n) is 5.90. The van der Waals surface area contributed by atoms with Gasteiger partial charge < -0.3 is 19.7 Å². The number of benzene rings is 1. The van der Waals surface area contributed by atoms with Gasteiger partial charge in [0.15, 0.2) is 0 Å². The van der Waals surface area contributed by atoms with Crippen LogP contribution in [0.25, 0.3) is 0 Å². The minimum atomic E-state index is -0.0683. The highest BCUT2D eigenvalue weighted by Crippen LogP contribution is 2.27. The fourth-order valence-corrected chi connectivity index (χ4v) is 4.32. The van der Waals surface area contributed by atoms with Crippen molar-refractivity contribution in [3.8, 4) is 5.75 Å². The lowest BCUT2D eigenvalue weighted by atomic mass is 10.0. The van der Waals surface area contributed by atoms with Crippen LogP contribution < -0.4 is 10.1 Å². The molecule has 1 aromatic carbocycles. The molecule has 0 bridgehead atoms. The number of rotatable bonds is 4. The number of amides is 2. The number of carbonyl (C=O) groups is 2. The van der Waals surface area contributed by atoms with Crippen molar-refractivity contribution in [2.24, 2.45) is 0 Å². The zero-order valence-corrected chi connectivity index (χ0v) is 16.6. The normalized spacial score (nSPS) is 26.7. The van der Waals surface area contributed by atoms with Gasteiger partial charge in [-0.3, -0.25) is 14.5 Å². The van der Waals surface area contributed by atoms with Crippen LogP contribution >= 0.6 is 0 Å². The van der Waals surface area contributed by atoms with Crippen LogP contribution in [0.15, 0.2) is 18.2 Å². The molecule has 3 aliphatic rings. The third-order valence-corrected chi connectivity index (χ3v) is 5.90. The minimum Gasteiger partial charge on any atom is -0.493 e.